The molecular formula is C11H16N2OS2. The van der Waals surface area contributed by atoms with Crippen LogP contribution in [-0.4, -0.2) is 34.9 Å². The maximum atomic E-state index is 11.8. The molecule has 1 aromatic rings. The van der Waals surface area contributed by atoms with E-state index in [0.717, 1.165) is 28.8 Å². The van der Waals surface area contributed by atoms with E-state index < -0.39 is 0 Å². The fourth-order valence-corrected chi connectivity index (χ4v) is 3.35. The number of aryl methyl sites for hydroxylation is 1. The van der Waals surface area contributed by atoms with Crippen LogP contribution in [-0.2, 0) is 11.2 Å². The Hall–Kier alpha value is -0.390. The van der Waals surface area contributed by atoms with E-state index in [1.54, 1.807) is 11.3 Å². The van der Waals surface area contributed by atoms with Crippen LogP contribution in [0.3, 0.4) is 0 Å². The molecule has 0 radical (unpaired) electrons. The van der Waals surface area contributed by atoms with E-state index in [1.807, 2.05) is 24.1 Å². The van der Waals surface area contributed by atoms with Crippen molar-refractivity contribution in [3.63, 3.8) is 0 Å². The van der Waals surface area contributed by atoms with E-state index in [9.17, 15) is 4.79 Å². The van der Waals surface area contributed by atoms with E-state index in [2.05, 4.69) is 10.3 Å². The quantitative estimate of drug-likeness (QED) is 0.889. The molecule has 2 heterocycles. The number of Topliss-reactive ketones (excluding diaryl/α,β-unsaturated/α-hetero) is 1. The molecule has 0 aliphatic carbocycles. The topological polar surface area (TPSA) is 42.0 Å². The zero-order chi connectivity index (χ0) is 11.4. The van der Waals surface area contributed by atoms with Gasteiger partial charge in [-0.15, -0.1) is 11.3 Å². The number of nitrogens with zero attached hydrogens (tertiary/aromatic N) is 1. The number of thiazole rings is 1. The average Bonchev–Trinajstić information content (AvgIpc) is 2.65. The van der Waals surface area contributed by atoms with Crippen molar-refractivity contribution in [3.8, 4) is 0 Å². The van der Waals surface area contributed by atoms with E-state index >= 15 is 0 Å². The first kappa shape index (κ1) is 12.1. The van der Waals surface area contributed by atoms with E-state index in [-0.39, 0.29) is 0 Å². The van der Waals surface area contributed by atoms with Crippen molar-refractivity contribution in [2.75, 3.05) is 18.1 Å². The lowest BCUT2D eigenvalue weighted by Crippen LogP contribution is -2.39. The first-order chi connectivity index (χ1) is 7.74. The molecule has 0 bridgehead atoms. The maximum absolute atomic E-state index is 11.8. The first-order valence-corrected chi connectivity index (χ1v) is 7.51. The number of hydrogen-bond donors (Lipinski definition) is 1. The van der Waals surface area contributed by atoms with Crippen LogP contribution in [0.15, 0.2) is 5.38 Å². The molecule has 1 unspecified atom stereocenters. The molecule has 1 fully saturated rings. The Morgan fingerprint density at radius 2 is 2.56 bits per heavy atom. The predicted octanol–water partition coefficient (Wildman–Crippen LogP) is 1.66. The Morgan fingerprint density at radius 3 is 3.19 bits per heavy atom. The molecule has 0 amide bonds. The number of carbonyl (C=O) groups excluding carboxylic acids is 1. The van der Waals surface area contributed by atoms with Crippen molar-refractivity contribution in [1.29, 1.82) is 0 Å². The van der Waals surface area contributed by atoms with Crippen molar-refractivity contribution in [1.82, 2.24) is 10.3 Å². The zero-order valence-electron chi connectivity index (χ0n) is 9.36. The molecule has 3 nitrogen and oxygen atoms in total. The highest BCUT2D eigenvalue weighted by molar-refractivity contribution is 7.99. The third-order valence-electron chi connectivity index (χ3n) is 2.52. The van der Waals surface area contributed by atoms with Gasteiger partial charge in [0.25, 0.3) is 0 Å². The standard InChI is InChI=1S/C11H16N2OS2/c1-8-13-10(7-16-8)5-11(14)4-9-6-15-3-2-12-9/h7,9,12H,2-6H2,1H3. The molecule has 88 valence electrons. The molecular weight excluding hydrogens is 240 g/mol. The van der Waals surface area contributed by atoms with Crippen LogP contribution >= 0.6 is 23.1 Å². The molecule has 1 aliphatic heterocycles. The Kier molecular flexibility index (Phi) is 4.37. The zero-order valence-corrected chi connectivity index (χ0v) is 11.0. The summed E-state index contributed by atoms with van der Waals surface area (Å²) in [7, 11) is 0. The molecule has 1 aliphatic rings. The minimum absolute atomic E-state index is 0.297. The molecule has 2 rings (SSSR count). The van der Waals surface area contributed by atoms with Crippen LogP contribution in [0.25, 0.3) is 0 Å². The molecule has 1 atom stereocenters. The van der Waals surface area contributed by atoms with Gasteiger partial charge in [0.15, 0.2) is 0 Å². The second-order valence-electron chi connectivity index (χ2n) is 4.00. The summed E-state index contributed by atoms with van der Waals surface area (Å²) >= 11 is 3.54. The molecule has 1 aromatic heterocycles. The monoisotopic (exact) mass is 256 g/mol. The van der Waals surface area contributed by atoms with Gasteiger partial charge in [0.05, 0.1) is 10.7 Å². The molecule has 0 saturated carbocycles. The van der Waals surface area contributed by atoms with Crippen LogP contribution in [0.1, 0.15) is 17.1 Å². The van der Waals surface area contributed by atoms with Crippen molar-refractivity contribution in [2.45, 2.75) is 25.8 Å². The van der Waals surface area contributed by atoms with Gasteiger partial charge in [-0.05, 0) is 6.92 Å². The summed E-state index contributed by atoms with van der Waals surface area (Å²) in [6, 6.07) is 0.367. The smallest absolute Gasteiger partial charge is 0.140 e. The second-order valence-corrected chi connectivity index (χ2v) is 6.22. The van der Waals surface area contributed by atoms with Gasteiger partial charge < -0.3 is 5.32 Å². The lowest BCUT2D eigenvalue weighted by molar-refractivity contribution is -0.118. The van der Waals surface area contributed by atoms with Crippen molar-refractivity contribution < 1.29 is 4.79 Å². The number of thioether (sulfide) groups is 1. The first-order valence-electron chi connectivity index (χ1n) is 5.48. The lowest BCUT2D eigenvalue weighted by atomic mass is 10.1. The van der Waals surface area contributed by atoms with Crippen molar-refractivity contribution in [3.05, 3.63) is 16.1 Å². The number of carbonyl (C=O) groups is 1. The van der Waals surface area contributed by atoms with Gasteiger partial charge in [-0.2, -0.15) is 11.8 Å². The average molecular weight is 256 g/mol. The third-order valence-corrected chi connectivity index (χ3v) is 4.47. The predicted molar refractivity (Wildman–Crippen MR) is 69.3 cm³/mol. The van der Waals surface area contributed by atoms with Gasteiger partial charge >= 0.3 is 0 Å². The summed E-state index contributed by atoms with van der Waals surface area (Å²) in [5.41, 5.74) is 0.927. The summed E-state index contributed by atoms with van der Waals surface area (Å²) in [4.78, 5) is 16.1. The summed E-state index contributed by atoms with van der Waals surface area (Å²) < 4.78 is 0. The van der Waals surface area contributed by atoms with E-state index in [1.165, 1.54) is 0 Å². The molecule has 5 heteroatoms. The van der Waals surface area contributed by atoms with Crippen LogP contribution in [0.5, 0.6) is 0 Å². The largest absolute Gasteiger partial charge is 0.312 e. The van der Waals surface area contributed by atoms with Gasteiger partial charge in [0, 0.05) is 42.3 Å². The highest BCUT2D eigenvalue weighted by Crippen LogP contribution is 2.13. The van der Waals surface area contributed by atoms with Crippen LogP contribution in [0.2, 0.25) is 0 Å². The molecule has 0 spiro atoms. The number of nitrogens with one attached hydrogen (secondary N) is 1. The van der Waals surface area contributed by atoms with Gasteiger partial charge in [0.1, 0.15) is 5.78 Å². The summed E-state index contributed by atoms with van der Waals surface area (Å²) in [5.74, 6) is 2.52. The minimum atomic E-state index is 0.297. The van der Waals surface area contributed by atoms with Crippen LogP contribution in [0, 0.1) is 6.92 Å². The number of hydrogen-bond acceptors (Lipinski definition) is 5. The highest BCUT2D eigenvalue weighted by atomic mass is 32.2. The van der Waals surface area contributed by atoms with E-state index in [4.69, 9.17) is 0 Å². The Bertz CT molecular complexity index is 359. The Balaban J connectivity index is 1.79. The fourth-order valence-electron chi connectivity index (χ4n) is 1.79. The molecule has 1 saturated heterocycles. The van der Waals surface area contributed by atoms with Crippen molar-refractivity contribution in [2.24, 2.45) is 0 Å². The number of aromatic nitrogens is 1. The molecule has 1 N–H and O–H groups in total. The molecule has 0 aromatic carbocycles. The lowest BCUT2D eigenvalue weighted by Gasteiger charge is -2.22. The third kappa shape index (κ3) is 3.57. The Labute approximate surface area is 104 Å². The minimum Gasteiger partial charge on any atom is -0.312 e. The highest BCUT2D eigenvalue weighted by Gasteiger charge is 2.17. The number of ketones is 1. The second kappa shape index (κ2) is 5.80. The van der Waals surface area contributed by atoms with E-state index in [0.29, 0.717) is 24.7 Å². The van der Waals surface area contributed by atoms with Crippen molar-refractivity contribution >= 4 is 28.9 Å². The SMILES string of the molecule is Cc1nc(CC(=O)CC2CSCCN2)cs1. The summed E-state index contributed by atoms with van der Waals surface area (Å²) in [6.45, 7) is 3.00. The summed E-state index contributed by atoms with van der Waals surface area (Å²) in [6.07, 6.45) is 1.14. The van der Waals surface area contributed by atoms with Gasteiger partial charge in [0.2, 0.25) is 0 Å². The number of rotatable bonds is 4. The van der Waals surface area contributed by atoms with Gasteiger partial charge in [-0.3, -0.25) is 4.79 Å². The molecule has 16 heavy (non-hydrogen) atoms. The maximum Gasteiger partial charge on any atom is 0.140 e. The van der Waals surface area contributed by atoms with Crippen LogP contribution < -0.4 is 5.32 Å². The van der Waals surface area contributed by atoms with Gasteiger partial charge in [-0.25, -0.2) is 4.98 Å². The fraction of sp³-hybridized carbons (Fsp3) is 0.636. The van der Waals surface area contributed by atoms with Crippen LogP contribution in [0.4, 0.5) is 0 Å². The normalized spacial score (nSPS) is 20.9. The van der Waals surface area contributed by atoms with Gasteiger partial charge in [-0.1, -0.05) is 0 Å². The summed E-state index contributed by atoms with van der Waals surface area (Å²) in [5, 5.41) is 6.40. The Morgan fingerprint density at radius 1 is 1.69 bits per heavy atom.